The quantitative estimate of drug-likeness (QED) is 0.595. The fraction of sp³-hybridized carbons (Fsp3) is 0.900. The Kier molecular flexibility index (Phi) is 5.60. The number of carbonyl (C=O) groups is 1. The smallest absolute Gasteiger partial charge is 0.220 e. The van der Waals surface area contributed by atoms with Gasteiger partial charge in [-0.1, -0.05) is 0 Å². The number of carbonyl (C=O) groups excluding carboxylic acids is 1. The molecule has 1 rings (SSSR count). The highest BCUT2D eigenvalue weighted by Crippen LogP contribution is 2.07. The summed E-state index contributed by atoms with van der Waals surface area (Å²) in [7, 11) is 3.24. The molecule has 5 nitrogen and oxygen atoms in total. The molecule has 1 aliphatic rings. The molecule has 2 N–H and O–H groups in total. The highest BCUT2D eigenvalue weighted by Gasteiger charge is 2.20. The Balaban J connectivity index is 2.08. The minimum Gasteiger partial charge on any atom is -0.382 e. The molecule has 1 fully saturated rings. The van der Waals surface area contributed by atoms with E-state index in [1.807, 2.05) is 0 Å². The van der Waals surface area contributed by atoms with Crippen LogP contribution in [-0.2, 0) is 14.3 Å². The van der Waals surface area contributed by atoms with Crippen LogP contribution in [0.1, 0.15) is 6.42 Å². The molecule has 0 aromatic heterocycles. The normalized spacial score (nSPS) is 18.3. The summed E-state index contributed by atoms with van der Waals surface area (Å²) in [5, 5.41) is 5.98. The average molecular weight is 216 g/mol. The first-order chi connectivity index (χ1) is 7.26. The van der Waals surface area contributed by atoms with Crippen LogP contribution in [0.3, 0.4) is 0 Å². The van der Waals surface area contributed by atoms with Crippen LogP contribution in [0.5, 0.6) is 0 Å². The van der Waals surface area contributed by atoms with Crippen LogP contribution < -0.4 is 10.6 Å². The largest absolute Gasteiger partial charge is 0.382 e. The summed E-state index contributed by atoms with van der Waals surface area (Å²) in [5.74, 6) is 0.605. The molecule has 0 aromatic carbocycles. The molecular weight excluding hydrogens is 196 g/mol. The maximum absolute atomic E-state index is 11.4. The number of nitrogens with one attached hydrogen (secondary N) is 2. The Morgan fingerprint density at radius 3 is 2.73 bits per heavy atom. The van der Waals surface area contributed by atoms with Gasteiger partial charge in [0.25, 0.3) is 0 Å². The van der Waals surface area contributed by atoms with Gasteiger partial charge < -0.3 is 20.1 Å². The minimum atomic E-state index is -0.0570. The molecule has 1 aliphatic heterocycles. The molecule has 1 heterocycles. The molecule has 15 heavy (non-hydrogen) atoms. The van der Waals surface area contributed by atoms with Crippen molar-refractivity contribution < 1.29 is 14.3 Å². The first-order valence-electron chi connectivity index (χ1n) is 5.25. The van der Waals surface area contributed by atoms with Crippen LogP contribution in [0.4, 0.5) is 0 Å². The van der Waals surface area contributed by atoms with Crippen LogP contribution in [0.2, 0.25) is 0 Å². The number of hydrogen-bond donors (Lipinski definition) is 2. The molecule has 0 saturated carbocycles. The molecule has 0 radical (unpaired) electrons. The van der Waals surface area contributed by atoms with Gasteiger partial charge in [0, 0.05) is 27.2 Å². The Morgan fingerprint density at radius 2 is 2.27 bits per heavy atom. The predicted octanol–water partition coefficient (Wildman–Crippen LogP) is -0.626. The summed E-state index contributed by atoms with van der Waals surface area (Å²) in [6.45, 7) is 2.93. The van der Waals surface area contributed by atoms with E-state index in [2.05, 4.69) is 10.6 Å². The Morgan fingerprint density at radius 1 is 1.53 bits per heavy atom. The van der Waals surface area contributed by atoms with E-state index in [1.165, 1.54) is 0 Å². The summed E-state index contributed by atoms with van der Waals surface area (Å²) in [4.78, 5) is 11.4. The summed E-state index contributed by atoms with van der Waals surface area (Å²) in [6.07, 6.45) is 0.551. The van der Waals surface area contributed by atoms with Crippen LogP contribution in [0.25, 0.3) is 0 Å². The van der Waals surface area contributed by atoms with Gasteiger partial charge in [-0.3, -0.25) is 4.79 Å². The van der Waals surface area contributed by atoms with Crippen LogP contribution in [0, 0.1) is 5.92 Å². The molecule has 5 heteroatoms. The monoisotopic (exact) mass is 216 g/mol. The first kappa shape index (κ1) is 12.4. The van der Waals surface area contributed by atoms with E-state index in [4.69, 9.17) is 9.47 Å². The number of ether oxygens (including phenoxy) is 2. The van der Waals surface area contributed by atoms with Gasteiger partial charge in [-0.25, -0.2) is 0 Å². The van der Waals surface area contributed by atoms with Crippen LogP contribution in [-0.4, -0.2) is 52.5 Å². The van der Waals surface area contributed by atoms with Gasteiger partial charge in [-0.2, -0.15) is 0 Å². The molecule has 1 atom stereocenters. The minimum absolute atomic E-state index is 0.0570. The fourth-order valence-corrected chi connectivity index (χ4v) is 1.45. The topological polar surface area (TPSA) is 59.6 Å². The van der Waals surface area contributed by atoms with Crippen molar-refractivity contribution in [3.8, 4) is 0 Å². The Hall–Kier alpha value is -0.650. The van der Waals surface area contributed by atoms with E-state index in [9.17, 15) is 4.79 Å². The molecule has 1 amide bonds. The molecule has 1 saturated heterocycles. The first-order valence-corrected chi connectivity index (χ1v) is 5.25. The SMILES string of the molecule is COCC(CNC(=O)CC1CNC1)OC. The molecular formula is C10H20N2O3. The van der Waals surface area contributed by atoms with Gasteiger partial charge in [0.2, 0.25) is 5.91 Å². The zero-order valence-electron chi connectivity index (χ0n) is 9.41. The third-order valence-electron chi connectivity index (χ3n) is 2.55. The van der Waals surface area contributed by atoms with E-state index in [1.54, 1.807) is 14.2 Å². The van der Waals surface area contributed by atoms with E-state index in [0.29, 0.717) is 25.5 Å². The van der Waals surface area contributed by atoms with Crippen molar-refractivity contribution in [1.29, 1.82) is 0 Å². The molecule has 0 aliphatic carbocycles. The highest BCUT2D eigenvalue weighted by atomic mass is 16.5. The van der Waals surface area contributed by atoms with Crippen LogP contribution in [0.15, 0.2) is 0 Å². The second-order valence-corrected chi connectivity index (χ2v) is 3.85. The molecule has 0 aromatic rings. The van der Waals surface area contributed by atoms with Gasteiger partial charge in [0.15, 0.2) is 0 Å². The molecule has 1 unspecified atom stereocenters. The van der Waals surface area contributed by atoms with Gasteiger partial charge in [0.05, 0.1) is 12.7 Å². The van der Waals surface area contributed by atoms with Crippen LogP contribution >= 0.6 is 0 Å². The standard InChI is InChI=1S/C10H20N2O3/c1-14-7-9(15-2)6-12-10(13)3-8-4-11-5-8/h8-9,11H,3-7H2,1-2H3,(H,12,13). The Labute approximate surface area is 90.5 Å². The van der Waals surface area contributed by atoms with Crippen molar-refractivity contribution in [1.82, 2.24) is 10.6 Å². The number of hydrogen-bond acceptors (Lipinski definition) is 4. The fourth-order valence-electron chi connectivity index (χ4n) is 1.45. The van der Waals surface area contributed by atoms with E-state index >= 15 is 0 Å². The maximum atomic E-state index is 11.4. The van der Waals surface area contributed by atoms with Gasteiger partial charge in [-0.05, 0) is 19.0 Å². The lowest BCUT2D eigenvalue weighted by Crippen LogP contribution is -2.45. The highest BCUT2D eigenvalue weighted by molar-refractivity contribution is 5.76. The molecule has 0 spiro atoms. The number of amides is 1. The van der Waals surface area contributed by atoms with Gasteiger partial charge >= 0.3 is 0 Å². The predicted molar refractivity (Wildman–Crippen MR) is 56.7 cm³/mol. The second-order valence-electron chi connectivity index (χ2n) is 3.85. The summed E-state index contributed by atoms with van der Waals surface area (Å²) in [6, 6.07) is 0. The van der Waals surface area contributed by atoms with Crippen molar-refractivity contribution in [2.24, 2.45) is 5.92 Å². The molecule has 88 valence electrons. The Bertz CT molecular complexity index is 195. The van der Waals surface area contributed by atoms with Gasteiger partial charge in [0.1, 0.15) is 0 Å². The average Bonchev–Trinajstić information content (AvgIpc) is 2.18. The summed E-state index contributed by atoms with van der Waals surface area (Å²) in [5.41, 5.74) is 0. The zero-order chi connectivity index (χ0) is 11.1. The third kappa shape index (κ3) is 4.59. The molecule has 0 bridgehead atoms. The lowest BCUT2D eigenvalue weighted by atomic mass is 9.99. The van der Waals surface area contributed by atoms with Gasteiger partial charge in [-0.15, -0.1) is 0 Å². The van der Waals surface area contributed by atoms with Crippen molar-refractivity contribution >= 4 is 5.91 Å². The maximum Gasteiger partial charge on any atom is 0.220 e. The number of methoxy groups -OCH3 is 2. The zero-order valence-corrected chi connectivity index (χ0v) is 9.41. The second kappa shape index (κ2) is 6.76. The lowest BCUT2D eigenvalue weighted by Gasteiger charge is -2.26. The summed E-state index contributed by atoms with van der Waals surface area (Å²) < 4.78 is 10.1. The van der Waals surface area contributed by atoms with E-state index < -0.39 is 0 Å². The van der Waals surface area contributed by atoms with Crippen molar-refractivity contribution in [3.05, 3.63) is 0 Å². The lowest BCUT2D eigenvalue weighted by molar-refractivity contribution is -0.123. The summed E-state index contributed by atoms with van der Waals surface area (Å²) >= 11 is 0. The van der Waals surface area contributed by atoms with E-state index in [-0.39, 0.29) is 12.0 Å². The van der Waals surface area contributed by atoms with Crippen molar-refractivity contribution in [2.45, 2.75) is 12.5 Å². The van der Waals surface area contributed by atoms with E-state index in [0.717, 1.165) is 13.1 Å². The van der Waals surface area contributed by atoms with Crippen molar-refractivity contribution in [3.63, 3.8) is 0 Å². The number of rotatable bonds is 7. The third-order valence-corrected chi connectivity index (χ3v) is 2.55. The van der Waals surface area contributed by atoms with Crippen molar-refractivity contribution in [2.75, 3.05) is 40.5 Å².